The molecule has 0 aromatic heterocycles. The molecule has 1 saturated heterocycles. The Kier molecular flexibility index (Phi) is 5.79. The molecule has 2 fully saturated rings. The van der Waals surface area contributed by atoms with Crippen molar-refractivity contribution in [2.24, 2.45) is 11.8 Å². The summed E-state index contributed by atoms with van der Waals surface area (Å²) in [7, 11) is 0. The Morgan fingerprint density at radius 3 is 2.81 bits per heavy atom. The first kappa shape index (κ1) is 21.4. The molecule has 2 N–H and O–H groups in total. The van der Waals surface area contributed by atoms with Crippen molar-refractivity contribution in [2.45, 2.75) is 44.6 Å². The van der Waals surface area contributed by atoms with Gasteiger partial charge in [0, 0.05) is 5.02 Å². The Bertz CT molecular complexity index is 928. The number of rotatable bonds is 4. The van der Waals surface area contributed by atoms with Gasteiger partial charge in [-0.3, -0.25) is 19.8 Å². The first-order valence-corrected chi connectivity index (χ1v) is 10.7. The van der Waals surface area contributed by atoms with E-state index in [1.807, 2.05) is 0 Å². The van der Waals surface area contributed by atoms with E-state index in [0.717, 1.165) is 18.4 Å². The highest BCUT2D eigenvalue weighted by Gasteiger charge is 2.52. The van der Waals surface area contributed by atoms with E-state index in [0.29, 0.717) is 41.0 Å². The third kappa shape index (κ3) is 4.32. The van der Waals surface area contributed by atoms with E-state index in [4.69, 9.17) is 21.1 Å². The van der Waals surface area contributed by atoms with Crippen molar-refractivity contribution in [1.29, 1.82) is 0 Å². The van der Waals surface area contributed by atoms with Crippen molar-refractivity contribution >= 4 is 35.4 Å². The van der Waals surface area contributed by atoms with Crippen molar-refractivity contribution in [1.82, 2.24) is 15.8 Å². The van der Waals surface area contributed by atoms with E-state index in [-0.39, 0.29) is 6.61 Å². The second kappa shape index (κ2) is 8.37. The van der Waals surface area contributed by atoms with Crippen LogP contribution >= 0.6 is 11.6 Å². The lowest BCUT2D eigenvalue weighted by Gasteiger charge is -2.33. The Balaban J connectivity index is 1.29. The van der Waals surface area contributed by atoms with E-state index in [1.165, 1.54) is 0 Å². The zero-order chi connectivity index (χ0) is 22.2. The number of imide groups is 1. The molecule has 4 amide bonds. The fraction of sp³-hybridized carbons (Fsp3) is 0.524. The van der Waals surface area contributed by atoms with Gasteiger partial charge < -0.3 is 14.8 Å². The third-order valence-electron chi connectivity index (χ3n) is 6.13. The average molecular weight is 450 g/mol. The quantitative estimate of drug-likeness (QED) is 0.536. The van der Waals surface area contributed by atoms with Gasteiger partial charge in [-0.25, -0.2) is 4.79 Å². The second-order valence-electron chi connectivity index (χ2n) is 8.44. The number of carbonyl (C=O) groups excluding carboxylic acids is 4. The number of carbonyl (C=O) groups is 4. The highest BCUT2D eigenvalue weighted by molar-refractivity contribution is 6.30. The molecule has 10 heteroatoms. The van der Waals surface area contributed by atoms with Crippen LogP contribution in [-0.4, -0.2) is 47.6 Å². The zero-order valence-electron chi connectivity index (χ0n) is 17.1. The molecule has 1 aromatic rings. The van der Waals surface area contributed by atoms with Crippen LogP contribution in [0.4, 0.5) is 4.79 Å². The lowest BCUT2D eigenvalue weighted by Crippen LogP contribution is -2.52. The van der Waals surface area contributed by atoms with Gasteiger partial charge in [0.25, 0.3) is 11.8 Å². The van der Waals surface area contributed by atoms with Gasteiger partial charge in [-0.05, 0) is 61.8 Å². The van der Waals surface area contributed by atoms with Crippen molar-refractivity contribution in [3.63, 3.8) is 0 Å². The molecule has 3 aliphatic rings. The number of urea groups is 1. The van der Waals surface area contributed by atoms with Crippen LogP contribution in [0, 0.1) is 11.8 Å². The first-order valence-electron chi connectivity index (χ1n) is 10.3. The molecule has 0 radical (unpaired) electrons. The standard InChI is InChI=1S/C21H24ClN3O6/c1-12-4-6-21(7-5-12)19(28)25(20(29)23-21)24-17(26)11-31-18(27)14-8-13-9-15(22)2-3-16(13)30-10-14/h2-3,9,12,14H,4-8,10-11H2,1H3,(H,23,29)(H,24,26). The fourth-order valence-corrected chi connectivity index (χ4v) is 4.44. The molecule has 4 rings (SSSR count). The molecule has 1 aromatic carbocycles. The molecule has 2 heterocycles. The summed E-state index contributed by atoms with van der Waals surface area (Å²) in [6.07, 6.45) is 3.09. The number of benzene rings is 1. The monoisotopic (exact) mass is 449 g/mol. The number of ether oxygens (including phenoxy) is 2. The fourth-order valence-electron chi connectivity index (χ4n) is 4.24. The molecule has 1 atom stereocenters. The van der Waals surface area contributed by atoms with Gasteiger partial charge in [-0.2, -0.15) is 5.01 Å². The highest BCUT2D eigenvalue weighted by Crippen LogP contribution is 2.35. The zero-order valence-corrected chi connectivity index (χ0v) is 17.9. The molecule has 1 saturated carbocycles. The number of halogens is 1. The van der Waals surface area contributed by atoms with Crippen LogP contribution < -0.4 is 15.5 Å². The van der Waals surface area contributed by atoms with Crippen molar-refractivity contribution in [3.8, 4) is 5.75 Å². The van der Waals surface area contributed by atoms with Crippen LogP contribution in [-0.2, 0) is 25.5 Å². The average Bonchev–Trinajstić information content (AvgIpc) is 2.97. The Labute approximate surface area is 184 Å². The number of nitrogens with zero attached hydrogens (tertiary/aromatic N) is 1. The maximum Gasteiger partial charge on any atom is 0.344 e. The van der Waals surface area contributed by atoms with Crippen molar-refractivity contribution in [2.75, 3.05) is 13.2 Å². The lowest BCUT2D eigenvalue weighted by molar-refractivity contribution is -0.155. The van der Waals surface area contributed by atoms with Gasteiger partial charge in [0.05, 0.1) is 5.92 Å². The number of nitrogens with one attached hydrogen (secondary N) is 2. The molecule has 1 aliphatic carbocycles. The van der Waals surface area contributed by atoms with Crippen molar-refractivity contribution in [3.05, 3.63) is 28.8 Å². The smallest absolute Gasteiger partial charge is 0.344 e. The number of esters is 1. The Morgan fingerprint density at radius 1 is 1.32 bits per heavy atom. The minimum Gasteiger partial charge on any atom is -0.492 e. The number of hydrogen-bond donors (Lipinski definition) is 2. The topological polar surface area (TPSA) is 114 Å². The van der Waals surface area contributed by atoms with Gasteiger partial charge in [0.15, 0.2) is 6.61 Å². The van der Waals surface area contributed by atoms with Crippen LogP contribution in [0.25, 0.3) is 0 Å². The van der Waals surface area contributed by atoms with E-state index >= 15 is 0 Å². The van der Waals surface area contributed by atoms with E-state index in [2.05, 4.69) is 17.7 Å². The predicted octanol–water partition coefficient (Wildman–Crippen LogP) is 1.97. The third-order valence-corrected chi connectivity index (χ3v) is 6.37. The molecule has 0 bridgehead atoms. The Morgan fingerprint density at radius 2 is 2.06 bits per heavy atom. The molecular formula is C21H24ClN3O6. The largest absolute Gasteiger partial charge is 0.492 e. The maximum atomic E-state index is 12.8. The molecular weight excluding hydrogens is 426 g/mol. The SMILES string of the molecule is CC1CCC2(CC1)NC(=O)N(NC(=O)COC(=O)C1COc3ccc(Cl)cc3C1)C2=O. The van der Waals surface area contributed by atoms with E-state index in [1.54, 1.807) is 18.2 Å². The molecule has 9 nitrogen and oxygen atoms in total. The van der Waals surface area contributed by atoms with Gasteiger partial charge >= 0.3 is 12.0 Å². The number of hydrogen-bond acceptors (Lipinski definition) is 6. The van der Waals surface area contributed by atoms with Gasteiger partial charge in [-0.15, -0.1) is 0 Å². The summed E-state index contributed by atoms with van der Waals surface area (Å²) in [6.45, 7) is 1.62. The van der Waals surface area contributed by atoms with Crippen molar-refractivity contribution < 1.29 is 28.7 Å². The number of hydrazine groups is 1. The molecule has 166 valence electrons. The summed E-state index contributed by atoms with van der Waals surface area (Å²) in [5, 5.41) is 3.94. The van der Waals surface area contributed by atoms with Crippen LogP contribution in [0.2, 0.25) is 5.02 Å². The maximum absolute atomic E-state index is 12.8. The second-order valence-corrected chi connectivity index (χ2v) is 8.88. The van der Waals surface area contributed by atoms with Crippen LogP contribution in [0.5, 0.6) is 5.75 Å². The minimum atomic E-state index is -0.957. The van der Waals surface area contributed by atoms with Gasteiger partial charge in [0.1, 0.15) is 17.9 Å². The summed E-state index contributed by atoms with van der Waals surface area (Å²) in [5.74, 6) is -1.27. The van der Waals surface area contributed by atoms with E-state index < -0.39 is 41.9 Å². The summed E-state index contributed by atoms with van der Waals surface area (Å²) >= 11 is 5.98. The molecule has 2 aliphatic heterocycles. The first-order chi connectivity index (χ1) is 14.8. The minimum absolute atomic E-state index is 0.128. The summed E-state index contributed by atoms with van der Waals surface area (Å²) < 4.78 is 10.6. The summed E-state index contributed by atoms with van der Waals surface area (Å²) in [4.78, 5) is 49.6. The molecule has 1 unspecified atom stereocenters. The summed E-state index contributed by atoms with van der Waals surface area (Å²) in [5.41, 5.74) is 2.08. The van der Waals surface area contributed by atoms with E-state index in [9.17, 15) is 19.2 Å². The Hall–Kier alpha value is -2.81. The lowest BCUT2D eigenvalue weighted by atomic mass is 9.77. The van der Waals surface area contributed by atoms with Crippen LogP contribution in [0.15, 0.2) is 18.2 Å². The van der Waals surface area contributed by atoms with Crippen LogP contribution in [0.3, 0.4) is 0 Å². The highest BCUT2D eigenvalue weighted by atomic mass is 35.5. The molecule has 31 heavy (non-hydrogen) atoms. The molecule has 1 spiro atoms. The summed E-state index contributed by atoms with van der Waals surface area (Å²) in [6, 6.07) is 4.50. The van der Waals surface area contributed by atoms with Crippen LogP contribution in [0.1, 0.15) is 38.2 Å². The normalized spacial score (nSPS) is 27.4. The van der Waals surface area contributed by atoms with Gasteiger partial charge in [-0.1, -0.05) is 18.5 Å². The predicted molar refractivity (Wildman–Crippen MR) is 109 cm³/mol. The van der Waals surface area contributed by atoms with Gasteiger partial charge in [0.2, 0.25) is 0 Å². The number of fused-ring (bicyclic) bond motifs is 1. The number of amides is 4.